The predicted molar refractivity (Wildman–Crippen MR) is 62.4 cm³/mol. The normalized spacial score (nSPS) is 9.00. The van der Waals surface area contributed by atoms with Crippen molar-refractivity contribution in [3.05, 3.63) is 24.5 Å². The van der Waals surface area contributed by atoms with E-state index in [1.165, 1.54) is 0 Å². The molecule has 14 heavy (non-hydrogen) atoms. The zero-order chi connectivity index (χ0) is 10.4. The molecule has 0 aliphatic rings. The van der Waals surface area contributed by atoms with Gasteiger partial charge in [0.25, 0.3) is 0 Å². The van der Waals surface area contributed by atoms with Crippen LogP contribution in [-0.4, -0.2) is 15.8 Å². The van der Waals surface area contributed by atoms with Crippen molar-refractivity contribution in [2.45, 2.75) is 13.8 Å². The molecule has 0 bridgehead atoms. The summed E-state index contributed by atoms with van der Waals surface area (Å²) in [5.74, 6) is 0. The number of hydrazone groups is 1. The second kappa shape index (κ2) is 5.29. The molecule has 4 nitrogen and oxygen atoms in total. The standard InChI is InChI=1S/C9H12N4S/c1-7(2)12-13-9(14)11-8-4-3-5-10-6-8/h3-6H,1-2H3,(H2,11,13,14). The predicted octanol–water partition coefficient (Wildman–Crippen LogP) is 1.76. The van der Waals surface area contributed by atoms with Crippen molar-refractivity contribution in [1.82, 2.24) is 10.4 Å². The Labute approximate surface area is 88.4 Å². The third kappa shape index (κ3) is 3.95. The Bertz CT molecular complexity index is 330. The molecule has 0 radical (unpaired) electrons. The molecule has 74 valence electrons. The molecule has 0 saturated carbocycles. The lowest BCUT2D eigenvalue weighted by atomic mass is 10.4. The van der Waals surface area contributed by atoms with Crippen molar-refractivity contribution < 1.29 is 0 Å². The summed E-state index contributed by atoms with van der Waals surface area (Å²) >= 11 is 5.00. The zero-order valence-electron chi connectivity index (χ0n) is 8.11. The summed E-state index contributed by atoms with van der Waals surface area (Å²) in [6.45, 7) is 3.78. The highest BCUT2D eigenvalue weighted by atomic mass is 32.1. The monoisotopic (exact) mass is 208 g/mol. The second-order valence-electron chi connectivity index (χ2n) is 2.87. The van der Waals surface area contributed by atoms with Crippen LogP contribution in [0.4, 0.5) is 5.69 Å². The Hall–Kier alpha value is -1.49. The molecule has 0 aliphatic carbocycles. The van der Waals surface area contributed by atoms with Crippen molar-refractivity contribution in [3.63, 3.8) is 0 Å². The van der Waals surface area contributed by atoms with Crippen LogP contribution in [0.2, 0.25) is 0 Å². The number of thiocarbonyl (C=S) groups is 1. The van der Waals surface area contributed by atoms with Gasteiger partial charge in [-0.15, -0.1) is 0 Å². The number of rotatable bonds is 2. The molecule has 0 amide bonds. The highest BCUT2D eigenvalue weighted by molar-refractivity contribution is 7.80. The molecule has 0 fully saturated rings. The fourth-order valence-corrected chi connectivity index (χ4v) is 0.922. The maximum Gasteiger partial charge on any atom is 0.191 e. The number of pyridine rings is 1. The lowest BCUT2D eigenvalue weighted by molar-refractivity contribution is 1.03. The lowest BCUT2D eigenvalue weighted by Crippen LogP contribution is -2.24. The molecule has 0 spiro atoms. The van der Waals surface area contributed by atoms with E-state index >= 15 is 0 Å². The number of hydrogen-bond donors (Lipinski definition) is 2. The van der Waals surface area contributed by atoms with Crippen LogP contribution < -0.4 is 10.7 Å². The molecule has 1 aromatic rings. The van der Waals surface area contributed by atoms with E-state index in [1.54, 1.807) is 12.4 Å². The largest absolute Gasteiger partial charge is 0.330 e. The summed E-state index contributed by atoms with van der Waals surface area (Å²) in [4.78, 5) is 3.95. The summed E-state index contributed by atoms with van der Waals surface area (Å²) in [6, 6.07) is 3.71. The minimum atomic E-state index is 0.458. The van der Waals surface area contributed by atoms with E-state index in [1.807, 2.05) is 26.0 Å². The van der Waals surface area contributed by atoms with E-state index in [0.717, 1.165) is 11.4 Å². The van der Waals surface area contributed by atoms with Gasteiger partial charge in [-0.1, -0.05) is 0 Å². The van der Waals surface area contributed by atoms with Gasteiger partial charge in [0.2, 0.25) is 0 Å². The van der Waals surface area contributed by atoms with Gasteiger partial charge in [0.05, 0.1) is 11.9 Å². The van der Waals surface area contributed by atoms with Gasteiger partial charge in [-0.2, -0.15) is 5.10 Å². The quantitative estimate of drug-likeness (QED) is 0.442. The average molecular weight is 208 g/mol. The van der Waals surface area contributed by atoms with Crippen LogP contribution in [0.1, 0.15) is 13.8 Å². The van der Waals surface area contributed by atoms with Gasteiger partial charge >= 0.3 is 0 Å². The molecule has 2 N–H and O–H groups in total. The van der Waals surface area contributed by atoms with E-state index in [-0.39, 0.29) is 0 Å². The number of anilines is 1. The van der Waals surface area contributed by atoms with Crippen molar-refractivity contribution in [2.75, 3.05) is 5.32 Å². The van der Waals surface area contributed by atoms with Crippen LogP contribution in [0, 0.1) is 0 Å². The average Bonchev–Trinajstić information content (AvgIpc) is 2.16. The fraction of sp³-hybridized carbons (Fsp3) is 0.222. The van der Waals surface area contributed by atoms with E-state index in [0.29, 0.717) is 5.11 Å². The lowest BCUT2D eigenvalue weighted by Gasteiger charge is -2.05. The fourth-order valence-electron chi connectivity index (χ4n) is 0.758. The molecule has 1 rings (SSSR count). The minimum absolute atomic E-state index is 0.458. The van der Waals surface area contributed by atoms with Gasteiger partial charge < -0.3 is 5.32 Å². The van der Waals surface area contributed by atoms with Crippen LogP contribution >= 0.6 is 12.2 Å². The Morgan fingerprint density at radius 2 is 2.29 bits per heavy atom. The van der Waals surface area contributed by atoms with Gasteiger partial charge in [-0.3, -0.25) is 10.4 Å². The zero-order valence-corrected chi connectivity index (χ0v) is 8.93. The van der Waals surface area contributed by atoms with Crippen molar-refractivity contribution >= 4 is 28.7 Å². The number of aromatic nitrogens is 1. The number of nitrogens with one attached hydrogen (secondary N) is 2. The van der Waals surface area contributed by atoms with Crippen LogP contribution in [0.3, 0.4) is 0 Å². The van der Waals surface area contributed by atoms with Crippen LogP contribution in [0.5, 0.6) is 0 Å². The third-order valence-electron chi connectivity index (χ3n) is 1.30. The maximum absolute atomic E-state index is 5.00. The second-order valence-corrected chi connectivity index (χ2v) is 3.27. The number of nitrogens with zero attached hydrogens (tertiary/aromatic N) is 2. The Morgan fingerprint density at radius 3 is 2.86 bits per heavy atom. The van der Waals surface area contributed by atoms with Crippen LogP contribution in [0.25, 0.3) is 0 Å². The molecule has 5 heteroatoms. The molecule has 0 atom stereocenters. The molecular formula is C9H12N4S. The first-order valence-corrected chi connectivity index (χ1v) is 4.57. The van der Waals surface area contributed by atoms with Crippen molar-refractivity contribution in [2.24, 2.45) is 5.10 Å². The van der Waals surface area contributed by atoms with E-state index < -0.39 is 0 Å². The molecular weight excluding hydrogens is 196 g/mol. The van der Waals surface area contributed by atoms with Crippen LogP contribution in [-0.2, 0) is 0 Å². The highest BCUT2D eigenvalue weighted by Crippen LogP contribution is 2.01. The Kier molecular flexibility index (Phi) is 4.00. The van der Waals surface area contributed by atoms with Crippen molar-refractivity contribution in [1.29, 1.82) is 0 Å². The molecule has 0 unspecified atom stereocenters. The van der Waals surface area contributed by atoms with Crippen LogP contribution in [0.15, 0.2) is 29.6 Å². The SMILES string of the molecule is CC(C)=NNC(=S)Nc1cccnc1. The minimum Gasteiger partial charge on any atom is -0.330 e. The van der Waals surface area contributed by atoms with Gasteiger partial charge in [0.15, 0.2) is 5.11 Å². The summed E-state index contributed by atoms with van der Waals surface area (Å²) < 4.78 is 0. The highest BCUT2D eigenvalue weighted by Gasteiger charge is 1.94. The molecule has 0 aliphatic heterocycles. The van der Waals surface area contributed by atoms with Gasteiger partial charge in [-0.05, 0) is 38.2 Å². The summed E-state index contributed by atoms with van der Waals surface area (Å²) in [7, 11) is 0. The summed E-state index contributed by atoms with van der Waals surface area (Å²) in [5.41, 5.74) is 4.47. The smallest absolute Gasteiger partial charge is 0.191 e. The maximum atomic E-state index is 5.00. The first-order chi connectivity index (χ1) is 6.68. The Morgan fingerprint density at radius 1 is 1.50 bits per heavy atom. The van der Waals surface area contributed by atoms with Gasteiger partial charge in [0.1, 0.15) is 0 Å². The van der Waals surface area contributed by atoms with Gasteiger partial charge in [-0.25, -0.2) is 0 Å². The van der Waals surface area contributed by atoms with E-state index in [9.17, 15) is 0 Å². The topological polar surface area (TPSA) is 49.3 Å². The summed E-state index contributed by atoms with van der Waals surface area (Å²) in [6.07, 6.45) is 3.40. The molecule has 1 heterocycles. The molecule has 0 saturated heterocycles. The van der Waals surface area contributed by atoms with E-state index in [2.05, 4.69) is 20.8 Å². The number of hydrogen-bond acceptors (Lipinski definition) is 3. The Balaban J connectivity index is 2.46. The van der Waals surface area contributed by atoms with E-state index in [4.69, 9.17) is 12.2 Å². The van der Waals surface area contributed by atoms with Gasteiger partial charge in [0, 0.05) is 11.9 Å². The first-order valence-electron chi connectivity index (χ1n) is 4.16. The third-order valence-corrected chi connectivity index (χ3v) is 1.49. The molecule has 0 aromatic carbocycles. The van der Waals surface area contributed by atoms with Crippen molar-refractivity contribution in [3.8, 4) is 0 Å². The summed E-state index contributed by atoms with van der Waals surface area (Å²) in [5, 5.41) is 7.37. The molecule has 1 aromatic heterocycles. The first kappa shape index (κ1) is 10.6.